The number of amides is 1. The highest BCUT2D eigenvalue weighted by Gasteiger charge is 2.26. The molecule has 7 heteroatoms. The number of hydrogen-bond donors (Lipinski definition) is 1. The Balaban J connectivity index is 1.64. The topological polar surface area (TPSA) is 84.9 Å². The van der Waals surface area contributed by atoms with Gasteiger partial charge in [0.05, 0.1) is 5.56 Å². The first-order valence-electron chi connectivity index (χ1n) is 11.4. The van der Waals surface area contributed by atoms with Crippen LogP contribution in [0, 0.1) is 6.92 Å². The first-order chi connectivity index (χ1) is 16.1. The molecule has 7 nitrogen and oxygen atoms in total. The molecule has 0 atom stereocenters. The number of unbranched alkanes of at least 4 members (excludes halogenated alkanes) is 1. The van der Waals surface area contributed by atoms with E-state index in [0.29, 0.717) is 31.1 Å². The molecule has 2 aliphatic rings. The molecule has 0 unspecified atom stereocenters. The summed E-state index contributed by atoms with van der Waals surface area (Å²) in [6.45, 7) is 6.01. The summed E-state index contributed by atoms with van der Waals surface area (Å²) in [5.74, 6) is 2.48. The summed E-state index contributed by atoms with van der Waals surface area (Å²) in [7, 11) is 0. The van der Waals surface area contributed by atoms with Gasteiger partial charge in [0.2, 0.25) is 6.79 Å². The van der Waals surface area contributed by atoms with Crippen LogP contribution < -0.4 is 24.7 Å². The third kappa shape index (κ3) is 3.88. The second-order valence-corrected chi connectivity index (χ2v) is 8.38. The van der Waals surface area contributed by atoms with E-state index in [1.165, 1.54) is 0 Å². The lowest BCUT2D eigenvalue weighted by Crippen LogP contribution is -2.15. The number of benzene rings is 2. The number of ether oxygens (including phenoxy) is 4. The van der Waals surface area contributed by atoms with E-state index in [1.54, 1.807) is 0 Å². The Labute approximate surface area is 193 Å². The average Bonchev–Trinajstić information content (AvgIpc) is 3.39. The maximum Gasteiger partial charge on any atom is 0.251 e. The molecule has 2 aromatic carbocycles. The Hall–Kier alpha value is -3.61. The zero-order chi connectivity index (χ0) is 22.9. The van der Waals surface area contributed by atoms with Crippen molar-refractivity contribution >= 4 is 5.91 Å². The molecule has 3 heterocycles. The lowest BCUT2D eigenvalue weighted by molar-refractivity contribution is 0.1000. The molecule has 33 heavy (non-hydrogen) atoms. The molecule has 2 aliphatic heterocycles. The molecule has 2 N–H and O–H groups in total. The Morgan fingerprint density at radius 2 is 1.67 bits per heavy atom. The van der Waals surface area contributed by atoms with E-state index in [1.807, 2.05) is 43.3 Å². The maximum absolute atomic E-state index is 12.7. The molecule has 0 aliphatic carbocycles. The fourth-order valence-electron chi connectivity index (χ4n) is 4.65. The molecule has 0 bridgehead atoms. The van der Waals surface area contributed by atoms with Crippen molar-refractivity contribution in [3.63, 3.8) is 0 Å². The third-order valence-electron chi connectivity index (χ3n) is 6.25. The number of carbonyl (C=O) groups excluding carboxylic acids is 1. The standard InChI is InChI=1S/C26H28N2O5/c1-3-4-5-19-25(18-7-9-20-23(13-18)31-11-10-30-20)24(26(27)29)16(2)28(19)14-17-6-8-21-22(12-17)33-15-32-21/h6-9,12-13H,3-5,10-11,14-15H2,1-2H3,(H2,27,29). The number of hydrogen-bond acceptors (Lipinski definition) is 5. The smallest absolute Gasteiger partial charge is 0.251 e. The van der Waals surface area contributed by atoms with Crippen LogP contribution >= 0.6 is 0 Å². The maximum atomic E-state index is 12.7. The van der Waals surface area contributed by atoms with Crippen molar-refractivity contribution in [2.24, 2.45) is 5.73 Å². The minimum Gasteiger partial charge on any atom is -0.486 e. The molecule has 0 fully saturated rings. The number of aromatic nitrogens is 1. The van der Waals surface area contributed by atoms with E-state index in [9.17, 15) is 4.79 Å². The number of nitrogens with zero attached hydrogens (tertiary/aromatic N) is 1. The van der Waals surface area contributed by atoms with E-state index in [0.717, 1.165) is 64.6 Å². The summed E-state index contributed by atoms with van der Waals surface area (Å²) in [5.41, 5.74) is 11.3. The van der Waals surface area contributed by atoms with Crippen molar-refractivity contribution in [1.82, 2.24) is 4.57 Å². The third-order valence-corrected chi connectivity index (χ3v) is 6.25. The van der Waals surface area contributed by atoms with E-state index >= 15 is 0 Å². The fraction of sp³-hybridized carbons (Fsp3) is 0.346. The largest absolute Gasteiger partial charge is 0.486 e. The van der Waals surface area contributed by atoms with Gasteiger partial charge in [0, 0.05) is 23.5 Å². The summed E-state index contributed by atoms with van der Waals surface area (Å²) in [5, 5.41) is 0. The van der Waals surface area contributed by atoms with Crippen LogP contribution in [0.1, 0.15) is 47.1 Å². The van der Waals surface area contributed by atoms with E-state index in [-0.39, 0.29) is 6.79 Å². The normalized spacial score (nSPS) is 13.9. The number of fused-ring (bicyclic) bond motifs is 2. The predicted molar refractivity (Wildman–Crippen MR) is 124 cm³/mol. The van der Waals surface area contributed by atoms with Crippen LogP contribution in [0.15, 0.2) is 36.4 Å². The van der Waals surface area contributed by atoms with Gasteiger partial charge in [-0.3, -0.25) is 4.79 Å². The van der Waals surface area contributed by atoms with E-state index < -0.39 is 5.91 Å². The highest BCUT2D eigenvalue weighted by molar-refractivity contribution is 6.02. The van der Waals surface area contributed by atoms with Crippen molar-refractivity contribution in [3.05, 3.63) is 58.9 Å². The van der Waals surface area contributed by atoms with Crippen LogP contribution in [0.2, 0.25) is 0 Å². The molecule has 1 aromatic heterocycles. The van der Waals surface area contributed by atoms with Crippen LogP contribution in [-0.2, 0) is 13.0 Å². The van der Waals surface area contributed by atoms with Crippen LogP contribution in [-0.4, -0.2) is 30.5 Å². The molecule has 1 amide bonds. The molecule has 0 spiro atoms. The monoisotopic (exact) mass is 448 g/mol. The number of primary amides is 1. The van der Waals surface area contributed by atoms with Crippen molar-refractivity contribution in [3.8, 4) is 34.1 Å². The summed E-state index contributed by atoms with van der Waals surface area (Å²) >= 11 is 0. The molecule has 0 saturated heterocycles. The molecular formula is C26H28N2O5. The number of rotatable bonds is 7. The average molecular weight is 449 g/mol. The quantitative estimate of drug-likeness (QED) is 0.577. The second-order valence-electron chi connectivity index (χ2n) is 8.38. The fourth-order valence-corrected chi connectivity index (χ4v) is 4.65. The number of nitrogens with two attached hydrogens (primary N) is 1. The lowest BCUT2D eigenvalue weighted by Gasteiger charge is -2.19. The molecule has 5 rings (SSSR count). The summed E-state index contributed by atoms with van der Waals surface area (Å²) < 4.78 is 24.7. The molecule has 172 valence electrons. The van der Waals surface area contributed by atoms with Crippen molar-refractivity contribution in [1.29, 1.82) is 0 Å². The van der Waals surface area contributed by atoms with Crippen LogP contribution in [0.5, 0.6) is 23.0 Å². The number of carbonyl (C=O) groups is 1. The van der Waals surface area contributed by atoms with Crippen molar-refractivity contribution in [2.75, 3.05) is 20.0 Å². The zero-order valence-electron chi connectivity index (χ0n) is 19.0. The highest BCUT2D eigenvalue weighted by atomic mass is 16.7. The van der Waals surface area contributed by atoms with Crippen molar-refractivity contribution in [2.45, 2.75) is 39.7 Å². The minimum absolute atomic E-state index is 0.239. The van der Waals surface area contributed by atoms with Gasteiger partial charge in [-0.05, 0) is 55.2 Å². The highest BCUT2D eigenvalue weighted by Crippen LogP contribution is 2.40. The Morgan fingerprint density at radius 1 is 0.970 bits per heavy atom. The van der Waals surface area contributed by atoms with E-state index in [2.05, 4.69) is 11.5 Å². The van der Waals surface area contributed by atoms with Gasteiger partial charge < -0.3 is 29.2 Å². The summed E-state index contributed by atoms with van der Waals surface area (Å²) in [4.78, 5) is 12.7. The first kappa shape index (κ1) is 21.2. The molecule has 3 aromatic rings. The first-order valence-corrected chi connectivity index (χ1v) is 11.4. The molecule has 0 saturated carbocycles. The van der Waals surface area contributed by atoms with Gasteiger partial charge in [-0.1, -0.05) is 25.5 Å². The van der Waals surface area contributed by atoms with E-state index in [4.69, 9.17) is 24.7 Å². The van der Waals surface area contributed by atoms with Gasteiger partial charge >= 0.3 is 0 Å². The summed E-state index contributed by atoms with van der Waals surface area (Å²) in [6, 6.07) is 11.8. The lowest BCUT2D eigenvalue weighted by atomic mass is 9.97. The molecule has 0 radical (unpaired) electrons. The second kappa shape index (κ2) is 8.73. The van der Waals surface area contributed by atoms with Gasteiger partial charge in [0.1, 0.15) is 13.2 Å². The molecular weight excluding hydrogens is 420 g/mol. The van der Waals surface area contributed by atoms with Gasteiger partial charge in [-0.25, -0.2) is 0 Å². The van der Waals surface area contributed by atoms with Crippen LogP contribution in [0.3, 0.4) is 0 Å². The van der Waals surface area contributed by atoms with Gasteiger partial charge in [0.25, 0.3) is 5.91 Å². The van der Waals surface area contributed by atoms with Crippen LogP contribution in [0.25, 0.3) is 11.1 Å². The minimum atomic E-state index is -0.431. The Bertz CT molecular complexity index is 1210. The predicted octanol–water partition coefficient (Wildman–Crippen LogP) is 4.45. The zero-order valence-corrected chi connectivity index (χ0v) is 19.0. The Kier molecular flexibility index (Phi) is 5.62. The Morgan fingerprint density at radius 3 is 2.45 bits per heavy atom. The van der Waals surface area contributed by atoms with Crippen LogP contribution in [0.4, 0.5) is 0 Å². The SMILES string of the molecule is CCCCc1c(-c2ccc3c(c2)OCCO3)c(C(N)=O)c(C)n1Cc1ccc2c(c1)OCO2. The van der Waals surface area contributed by atoms with Gasteiger partial charge in [-0.2, -0.15) is 0 Å². The summed E-state index contributed by atoms with van der Waals surface area (Å²) in [6.07, 6.45) is 2.88. The van der Waals surface area contributed by atoms with Crippen molar-refractivity contribution < 1.29 is 23.7 Å². The van der Waals surface area contributed by atoms with Gasteiger partial charge in [-0.15, -0.1) is 0 Å². The van der Waals surface area contributed by atoms with Gasteiger partial charge in [0.15, 0.2) is 23.0 Å².